The van der Waals surface area contributed by atoms with Crippen LogP contribution in [0.5, 0.6) is 0 Å². The Morgan fingerprint density at radius 2 is 2.03 bits per heavy atom. The standard InChI is InChI=1S/C22H29N3O4/c1-4-28-22(27)18-6-5-13-25(14-18)20(26)12-11-19-23-21(24-29-19)17-9-7-16(8-10-17)15(2)3/h7-10,15,18H,4-6,11-14H2,1-3H3. The smallest absolute Gasteiger partial charge is 0.310 e. The quantitative estimate of drug-likeness (QED) is 0.662. The predicted octanol–water partition coefficient (Wildman–Crippen LogP) is 3.59. The van der Waals surface area contributed by atoms with Crippen LogP contribution in [0.15, 0.2) is 28.8 Å². The molecule has 1 aromatic heterocycles. The number of likely N-dealkylation sites (tertiary alicyclic amines) is 1. The monoisotopic (exact) mass is 399 g/mol. The lowest BCUT2D eigenvalue weighted by atomic mass is 9.98. The van der Waals surface area contributed by atoms with Crippen molar-refractivity contribution in [1.29, 1.82) is 0 Å². The highest BCUT2D eigenvalue weighted by Gasteiger charge is 2.29. The average molecular weight is 399 g/mol. The molecule has 2 heterocycles. The van der Waals surface area contributed by atoms with E-state index in [0.29, 0.717) is 43.8 Å². The Hall–Kier alpha value is -2.70. The molecule has 3 rings (SSSR count). The van der Waals surface area contributed by atoms with E-state index in [9.17, 15) is 9.59 Å². The molecule has 1 fully saturated rings. The molecule has 0 saturated carbocycles. The van der Waals surface area contributed by atoms with E-state index in [1.165, 1.54) is 5.56 Å². The number of carbonyl (C=O) groups is 2. The molecule has 0 N–H and O–H groups in total. The van der Waals surface area contributed by atoms with E-state index < -0.39 is 0 Å². The molecule has 0 bridgehead atoms. The lowest BCUT2D eigenvalue weighted by molar-refractivity contribution is -0.151. The molecule has 156 valence electrons. The first-order valence-electron chi connectivity index (χ1n) is 10.3. The van der Waals surface area contributed by atoms with Crippen LogP contribution in [0.3, 0.4) is 0 Å². The zero-order valence-electron chi connectivity index (χ0n) is 17.4. The van der Waals surface area contributed by atoms with E-state index >= 15 is 0 Å². The van der Waals surface area contributed by atoms with E-state index in [0.717, 1.165) is 18.4 Å². The van der Waals surface area contributed by atoms with Crippen molar-refractivity contribution in [3.8, 4) is 11.4 Å². The number of aryl methyl sites for hydroxylation is 1. The Morgan fingerprint density at radius 3 is 2.72 bits per heavy atom. The number of hydrogen-bond acceptors (Lipinski definition) is 6. The summed E-state index contributed by atoms with van der Waals surface area (Å²) in [4.78, 5) is 30.7. The van der Waals surface area contributed by atoms with Gasteiger partial charge in [0.2, 0.25) is 17.6 Å². The summed E-state index contributed by atoms with van der Waals surface area (Å²) in [5, 5.41) is 4.03. The Labute approximate surface area is 171 Å². The third kappa shape index (κ3) is 5.43. The minimum Gasteiger partial charge on any atom is -0.466 e. The molecule has 1 unspecified atom stereocenters. The van der Waals surface area contributed by atoms with Gasteiger partial charge in [0.1, 0.15) is 0 Å². The zero-order valence-corrected chi connectivity index (χ0v) is 17.4. The first kappa shape index (κ1) is 21.0. The van der Waals surface area contributed by atoms with Crippen molar-refractivity contribution in [2.45, 2.75) is 52.4 Å². The van der Waals surface area contributed by atoms with Gasteiger partial charge >= 0.3 is 5.97 Å². The summed E-state index contributed by atoms with van der Waals surface area (Å²) in [6.45, 7) is 7.55. The number of piperidine rings is 1. The summed E-state index contributed by atoms with van der Waals surface area (Å²) >= 11 is 0. The third-order valence-corrected chi connectivity index (χ3v) is 5.25. The highest BCUT2D eigenvalue weighted by Crippen LogP contribution is 2.22. The summed E-state index contributed by atoms with van der Waals surface area (Å²) in [5.74, 6) is 1.00. The Kier molecular flexibility index (Phi) is 7.01. The third-order valence-electron chi connectivity index (χ3n) is 5.25. The summed E-state index contributed by atoms with van der Waals surface area (Å²) in [6.07, 6.45) is 2.25. The van der Waals surface area contributed by atoms with Crippen LogP contribution in [-0.2, 0) is 20.7 Å². The second-order valence-electron chi connectivity index (χ2n) is 7.72. The molecule has 1 atom stereocenters. The van der Waals surface area contributed by atoms with Crippen molar-refractivity contribution in [1.82, 2.24) is 15.0 Å². The van der Waals surface area contributed by atoms with Gasteiger partial charge in [-0.15, -0.1) is 0 Å². The van der Waals surface area contributed by atoms with Crippen LogP contribution >= 0.6 is 0 Å². The lowest BCUT2D eigenvalue weighted by Crippen LogP contribution is -2.42. The molecule has 1 aliphatic rings. The van der Waals surface area contributed by atoms with Gasteiger partial charge in [-0.25, -0.2) is 0 Å². The van der Waals surface area contributed by atoms with Crippen LogP contribution < -0.4 is 0 Å². The molecule has 29 heavy (non-hydrogen) atoms. The number of amides is 1. The molecular weight excluding hydrogens is 370 g/mol. The van der Waals surface area contributed by atoms with Crippen LogP contribution in [0.2, 0.25) is 0 Å². The SMILES string of the molecule is CCOC(=O)C1CCCN(C(=O)CCc2nc(-c3ccc(C(C)C)cc3)no2)C1. The molecule has 7 heteroatoms. The van der Waals surface area contributed by atoms with Crippen LogP contribution in [0.25, 0.3) is 11.4 Å². The van der Waals surface area contributed by atoms with E-state index in [1.54, 1.807) is 11.8 Å². The van der Waals surface area contributed by atoms with Gasteiger partial charge in [-0.1, -0.05) is 43.3 Å². The fourth-order valence-corrected chi connectivity index (χ4v) is 3.52. The number of hydrogen-bond donors (Lipinski definition) is 0. The first-order valence-corrected chi connectivity index (χ1v) is 10.3. The lowest BCUT2D eigenvalue weighted by Gasteiger charge is -2.31. The molecular formula is C22H29N3O4. The number of rotatable bonds is 7. The van der Waals surface area contributed by atoms with Crippen LogP contribution in [0.1, 0.15) is 57.4 Å². The molecule has 1 aliphatic heterocycles. The van der Waals surface area contributed by atoms with Crippen molar-refractivity contribution in [3.05, 3.63) is 35.7 Å². The maximum Gasteiger partial charge on any atom is 0.310 e. The molecule has 0 spiro atoms. The molecule has 7 nitrogen and oxygen atoms in total. The Morgan fingerprint density at radius 1 is 1.28 bits per heavy atom. The van der Waals surface area contributed by atoms with Crippen LogP contribution in [0, 0.1) is 5.92 Å². The zero-order chi connectivity index (χ0) is 20.8. The fraction of sp³-hybridized carbons (Fsp3) is 0.545. The van der Waals surface area contributed by atoms with Gasteiger partial charge in [-0.2, -0.15) is 4.98 Å². The number of nitrogens with zero attached hydrogens (tertiary/aromatic N) is 3. The number of aromatic nitrogens is 2. The molecule has 1 aromatic carbocycles. The normalized spacial score (nSPS) is 16.8. The minimum absolute atomic E-state index is 0.0000322. The molecule has 0 aliphatic carbocycles. The van der Waals surface area contributed by atoms with Gasteiger partial charge in [-0.05, 0) is 31.2 Å². The second-order valence-corrected chi connectivity index (χ2v) is 7.72. The van der Waals surface area contributed by atoms with E-state index in [2.05, 4.69) is 36.1 Å². The molecule has 1 amide bonds. The van der Waals surface area contributed by atoms with Crippen molar-refractivity contribution in [3.63, 3.8) is 0 Å². The topological polar surface area (TPSA) is 85.5 Å². The minimum atomic E-state index is -0.225. The summed E-state index contributed by atoms with van der Waals surface area (Å²) in [5.41, 5.74) is 2.15. The van der Waals surface area contributed by atoms with Crippen LogP contribution in [-0.4, -0.2) is 46.6 Å². The Bertz CT molecular complexity index is 829. The number of esters is 1. The number of carbonyl (C=O) groups excluding carboxylic acids is 2. The predicted molar refractivity (Wildman–Crippen MR) is 108 cm³/mol. The van der Waals surface area contributed by atoms with E-state index in [4.69, 9.17) is 9.26 Å². The van der Waals surface area contributed by atoms with Gasteiger partial charge in [0.05, 0.1) is 12.5 Å². The van der Waals surface area contributed by atoms with Crippen molar-refractivity contribution in [2.24, 2.45) is 5.92 Å². The molecule has 0 radical (unpaired) electrons. The van der Waals surface area contributed by atoms with Crippen molar-refractivity contribution >= 4 is 11.9 Å². The van der Waals surface area contributed by atoms with Gasteiger partial charge in [-0.3, -0.25) is 9.59 Å². The van der Waals surface area contributed by atoms with Gasteiger partial charge in [0.15, 0.2) is 0 Å². The van der Waals surface area contributed by atoms with Crippen molar-refractivity contribution < 1.29 is 18.8 Å². The van der Waals surface area contributed by atoms with Crippen LogP contribution in [0.4, 0.5) is 0 Å². The second kappa shape index (κ2) is 9.67. The van der Waals surface area contributed by atoms with Gasteiger partial charge < -0.3 is 14.2 Å². The summed E-state index contributed by atoms with van der Waals surface area (Å²) in [7, 11) is 0. The van der Waals surface area contributed by atoms with Gasteiger partial charge in [0.25, 0.3) is 0 Å². The van der Waals surface area contributed by atoms with Gasteiger partial charge in [0, 0.05) is 31.5 Å². The number of benzene rings is 1. The highest BCUT2D eigenvalue weighted by atomic mass is 16.5. The maximum absolute atomic E-state index is 12.6. The first-order chi connectivity index (χ1) is 14.0. The summed E-state index contributed by atoms with van der Waals surface area (Å²) in [6, 6.07) is 8.10. The number of ether oxygens (including phenoxy) is 1. The fourth-order valence-electron chi connectivity index (χ4n) is 3.52. The highest BCUT2D eigenvalue weighted by molar-refractivity contribution is 5.78. The Balaban J connectivity index is 1.53. The van der Waals surface area contributed by atoms with Crippen molar-refractivity contribution in [2.75, 3.05) is 19.7 Å². The maximum atomic E-state index is 12.6. The largest absolute Gasteiger partial charge is 0.466 e. The van der Waals surface area contributed by atoms with E-state index in [1.807, 2.05) is 12.1 Å². The molecule has 2 aromatic rings. The summed E-state index contributed by atoms with van der Waals surface area (Å²) < 4.78 is 10.4. The van der Waals surface area contributed by atoms with E-state index in [-0.39, 0.29) is 24.2 Å². The average Bonchev–Trinajstić information content (AvgIpc) is 3.21. The molecule has 1 saturated heterocycles.